The second-order valence-electron chi connectivity index (χ2n) is 5.36. The quantitative estimate of drug-likeness (QED) is 0.846. The molecule has 1 heterocycles. The van der Waals surface area contributed by atoms with E-state index in [4.69, 9.17) is 9.47 Å². The average molecular weight is 274 g/mol. The van der Waals surface area contributed by atoms with Crippen LogP contribution in [0, 0.1) is 17.2 Å². The van der Waals surface area contributed by atoms with E-state index < -0.39 is 0 Å². The summed E-state index contributed by atoms with van der Waals surface area (Å²) in [5.74, 6) is 2.25. The predicted molar refractivity (Wildman–Crippen MR) is 77.9 cm³/mol. The number of rotatable bonds is 4. The second kappa shape index (κ2) is 6.62. The molecule has 0 amide bonds. The van der Waals surface area contributed by atoms with E-state index in [0.717, 1.165) is 48.9 Å². The summed E-state index contributed by atoms with van der Waals surface area (Å²) in [5.41, 5.74) is 0.893. The Bertz CT molecular complexity index is 488. The molecule has 1 aliphatic rings. The SMILES string of the molecule is COc1ccc(OC)c(C(C#N)N2CCC(C)CC2)c1. The Morgan fingerprint density at radius 2 is 1.95 bits per heavy atom. The van der Waals surface area contributed by atoms with Crippen molar-refractivity contribution in [3.63, 3.8) is 0 Å². The third kappa shape index (κ3) is 3.05. The van der Waals surface area contributed by atoms with Gasteiger partial charge in [-0.1, -0.05) is 6.92 Å². The van der Waals surface area contributed by atoms with Gasteiger partial charge in [0, 0.05) is 5.56 Å². The summed E-state index contributed by atoms with van der Waals surface area (Å²) in [6, 6.07) is 7.78. The molecular formula is C16H22N2O2. The highest BCUT2D eigenvalue weighted by molar-refractivity contribution is 5.44. The number of methoxy groups -OCH3 is 2. The number of nitriles is 1. The largest absolute Gasteiger partial charge is 0.497 e. The number of benzene rings is 1. The van der Waals surface area contributed by atoms with E-state index in [1.54, 1.807) is 14.2 Å². The van der Waals surface area contributed by atoms with Gasteiger partial charge in [0.15, 0.2) is 0 Å². The van der Waals surface area contributed by atoms with Crippen LogP contribution in [0.5, 0.6) is 11.5 Å². The van der Waals surface area contributed by atoms with Crippen molar-refractivity contribution in [3.05, 3.63) is 23.8 Å². The van der Waals surface area contributed by atoms with Gasteiger partial charge < -0.3 is 9.47 Å². The van der Waals surface area contributed by atoms with E-state index in [9.17, 15) is 5.26 Å². The van der Waals surface area contributed by atoms with E-state index in [2.05, 4.69) is 17.9 Å². The molecule has 4 heteroatoms. The summed E-state index contributed by atoms with van der Waals surface area (Å²) < 4.78 is 10.7. The molecule has 0 aromatic heterocycles. The van der Waals surface area contributed by atoms with Gasteiger partial charge in [0.1, 0.15) is 17.5 Å². The lowest BCUT2D eigenvalue weighted by Gasteiger charge is -2.34. The molecule has 1 saturated heterocycles. The number of likely N-dealkylation sites (tertiary alicyclic amines) is 1. The topological polar surface area (TPSA) is 45.5 Å². The zero-order valence-corrected chi connectivity index (χ0v) is 12.4. The van der Waals surface area contributed by atoms with Gasteiger partial charge in [0.25, 0.3) is 0 Å². The summed E-state index contributed by atoms with van der Waals surface area (Å²) in [4.78, 5) is 2.23. The maximum atomic E-state index is 9.59. The Balaban J connectivity index is 2.29. The second-order valence-corrected chi connectivity index (χ2v) is 5.36. The minimum Gasteiger partial charge on any atom is -0.497 e. The molecule has 20 heavy (non-hydrogen) atoms. The van der Waals surface area contributed by atoms with Crippen molar-refractivity contribution < 1.29 is 9.47 Å². The number of ether oxygens (including phenoxy) is 2. The number of hydrogen-bond donors (Lipinski definition) is 0. The van der Waals surface area contributed by atoms with Crippen molar-refractivity contribution in [3.8, 4) is 17.6 Å². The molecule has 108 valence electrons. The standard InChI is InChI=1S/C16H22N2O2/c1-12-6-8-18(9-7-12)15(11-17)14-10-13(19-2)4-5-16(14)20-3/h4-5,10,12,15H,6-9H2,1-3H3. The molecule has 1 aliphatic heterocycles. The maximum absolute atomic E-state index is 9.59. The van der Waals surface area contributed by atoms with Gasteiger partial charge in [-0.25, -0.2) is 0 Å². The van der Waals surface area contributed by atoms with Crippen LogP contribution in [0.25, 0.3) is 0 Å². The van der Waals surface area contributed by atoms with Gasteiger partial charge in [-0.3, -0.25) is 4.90 Å². The van der Waals surface area contributed by atoms with Crippen LogP contribution in [0.1, 0.15) is 31.4 Å². The predicted octanol–water partition coefficient (Wildman–Crippen LogP) is 3.00. The highest BCUT2D eigenvalue weighted by Crippen LogP contribution is 2.34. The monoisotopic (exact) mass is 274 g/mol. The lowest BCUT2D eigenvalue weighted by molar-refractivity contribution is 0.163. The summed E-state index contributed by atoms with van der Waals surface area (Å²) in [6.07, 6.45) is 2.29. The van der Waals surface area contributed by atoms with Crippen molar-refractivity contribution in [2.24, 2.45) is 5.92 Å². The summed E-state index contributed by atoms with van der Waals surface area (Å²) in [7, 11) is 3.27. The third-order valence-electron chi connectivity index (χ3n) is 4.04. The lowest BCUT2D eigenvalue weighted by Crippen LogP contribution is -2.35. The molecule has 0 radical (unpaired) electrons. The van der Waals surface area contributed by atoms with Crippen LogP contribution in [0.15, 0.2) is 18.2 Å². The molecule has 0 saturated carbocycles. The molecule has 1 aromatic rings. The average Bonchev–Trinajstić information content (AvgIpc) is 2.49. The van der Waals surface area contributed by atoms with Crippen LogP contribution in [0.3, 0.4) is 0 Å². The first kappa shape index (κ1) is 14.7. The fourth-order valence-electron chi connectivity index (χ4n) is 2.69. The van der Waals surface area contributed by atoms with Crippen molar-refractivity contribution >= 4 is 0 Å². The minimum absolute atomic E-state index is 0.271. The van der Waals surface area contributed by atoms with Crippen LogP contribution < -0.4 is 9.47 Å². The molecule has 0 aliphatic carbocycles. The van der Waals surface area contributed by atoms with Gasteiger partial charge in [-0.15, -0.1) is 0 Å². The first-order chi connectivity index (χ1) is 9.69. The molecule has 1 atom stereocenters. The molecule has 4 nitrogen and oxygen atoms in total. The summed E-state index contributed by atoms with van der Waals surface area (Å²) in [6.45, 7) is 4.18. The maximum Gasteiger partial charge on any atom is 0.127 e. The third-order valence-corrected chi connectivity index (χ3v) is 4.04. The number of piperidine rings is 1. The van der Waals surface area contributed by atoms with E-state index >= 15 is 0 Å². The van der Waals surface area contributed by atoms with E-state index in [-0.39, 0.29) is 6.04 Å². The van der Waals surface area contributed by atoms with Crippen LogP contribution in [0.4, 0.5) is 0 Å². The summed E-state index contributed by atoms with van der Waals surface area (Å²) in [5, 5.41) is 9.59. The first-order valence-electron chi connectivity index (χ1n) is 7.05. The lowest BCUT2D eigenvalue weighted by atomic mass is 9.96. The highest BCUT2D eigenvalue weighted by atomic mass is 16.5. The molecule has 1 fully saturated rings. The number of nitrogens with zero attached hydrogens (tertiary/aromatic N) is 2. The van der Waals surface area contributed by atoms with Gasteiger partial charge in [-0.05, 0) is 50.0 Å². The zero-order chi connectivity index (χ0) is 14.5. The van der Waals surface area contributed by atoms with Crippen LogP contribution >= 0.6 is 0 Å². The van der Waals surface area contributed by atoms with E-state index in [1.807, 2.05) is 18.2 Å². The molecule has 2 rings (SSSR count). The minimum atomic E-state index is -0.271. The van der Waals surface area contributed by atoms with Crippen molar-refractivity contribution in [1.29, 1.82) is 5.26 Å². The summed E-state index contributed by atoms with van der Waals surface area (Å²) >= 11 is 0. The van der Waals surface area contributed by atoms with Crippen molar-refractivity contribution in [1.82, 2.24) is 4.90 Å². The van der Waals surface area contributed by atoms with Crippen LogP contribution in [-0.2, 0) is 0 Å². The Labute approximate surface area is 120 Å². The van der Waals surface area contributed by atoms with Crippen LogP contribution in [-0.4, -0.2) is 32.2 Å². The van der Waals surface area contributed by atoms with Gasteiger partial charge in [-0.2, -0.15) is 5.26 Å². The Morgan fingerprint density at radius 1 is 1.25 bits per heavy atom. The fourth-order valence-corrected chi connectivity index (χ4v) is 2.69. The molecule has 0 N–H and O–H groups in total. The Morgan fingerprint density at radius 3 is 2.50 bits per heavy atom. The van der Waals surface area contributed by atoms with Crippen molar-refractivity contribution in [2.45, 2.75) is 25.8 Å². The van der Waals surface area contributed by atoms with Crippen LogP contribution in [0.2, 0.25) is 0 Å². The normalized spacial score (nSPS) is 18.3. The molecule has 0 spiro atoms. The van der Waals surface area contributed by atoms with E-state index in [0.29, 0.717) is 0 Å². The van der Waals surface area contributed by atoms with E-state index in [1.165, 1.54) is 0 Å². The molecule has 0 bridgehead atoms. The zero-order valence-electron chi connectivity index (χ0n) is 12.4. The highest BCUT2D eigenvalue weighted by Gasteiger charge is 2.27. The Kier molecular flexibility index (Phi) is 4.86. The number of hydrogen-bond acceptors (Lipinski definition) is 4. The smallest absolute Gasteiger partial charge is 0.127 e. The first-order valence-corrected chi connectivity index (χ1v) is 7.05. The fraction of sp³-hybridized carbons (Fsp3) is 0.562. The molecular weight excluding hydrogens is 252 g/mol. The van der Waals surface area contributed by atoms with Gasteiger partial charge >= 0.3 is 0 Å². The molecule has 1 unspecified atom stereocenters. The van der Waals surface area contributed by atoms with Gasteiger partial charge in [0.05, 0.1) is 20.3 Å². The Hall–Kier alpha value is -1.73. The van der Waals surface area contributed by atoms with Crippen molar-refractivity contribution in [2.75, 3.05) is 27.3 Å². The molecule has 1 aromatic carbocycles. The van der Waals surface area contributed by atoms with Gasteiger partial charge in [0.2, 0.25) is 0 Å².